The molecule has 1 aromatic rings. The molecule has 1 saturated heterocycles. The molecule has 1 heterocycles. The quantitative estimate of drug-likeness (QED) is 0.861. The van der Waals surface area contributed by atoms with Crippen molar-refractivity contribution in [3.8, 4) is 0 Å². The summed E-state index contributed by atoms with van der Waals surface area (Å²) in [5, 5.41) is 3.51. The van der Waals surface area contributed by atoms with Gasteiger partial charge < -0.3 is 5.32 Å². The summed E-state index contributed by atoms with van der Waals surface area (Å²) in [5.41, 5.74) is 1.43. The molecule has 3 heteroatoms. The number of nitrogens with one attached hydrogen (secondary N) is 1. The van der Waals surface area contributed by atoms with E-state index in [1.54, 1.807) is 0 Å². The van der Waals surface area contributed by atoms with Gasteiger partial charge >= 0.3 is 0 Å². The lowest BCUT2D eigenvalue weighted by atomic mass is 9.96. The van der Waals surface area contributed by atoms with Crippen molar-refractivity contribution in [3.05, 3.63) is 35.9 Å². The van der Waals surface area contributed by atoms with Crippen LogP contribution in [0.4, 0.5) is 0 Å². The van der Waals surface area contributed by atoms with Gasteiger partial charge in [-0.15, -0.1) is 12.4 Å². The monoisotopic (exact) mass is 282 g/mol. The molecule has 19 heavy (non-hydrogen) atoms. The zero-order valence-corrected chi connectivity index (χ0v) is 12.8. The molecule has 1 N–H and O–H groups in total. The van der Waals surface area contributed by atoms with Gasteiger partial charge in [0, 0.05) is 6.54 Å². The molecular formula is C16H27ClN2. The summed E-state index contributed by atoms with van der Waals surface area (Å²) in [5.74, 6) is 0.892. The van der Waals surface area contributed by atoms with Crippen molar-refractivity contribution in [2.24, 2.45) is 5.92 Å². The topological polar surface area (TPSA) is 15.3 Å². The Morgan fingerprint density at radius 1 is 1.26 bits per heavy atom. The van der Waals surface area contributed by atoms with Crippen molar-refractivity contribution in [3.63, 3.8) is 0 Å². The van der Waals surface area contributed by atoms with Gasteiger partial charge in [-0.1, -0.05) is 37.3 Å². The molecule has 1 aromatic carbocycles. The smallest absolute Gasteiger partial charge is 0.0233 e. The van der Waals surface area contributed by atoms with Crippen molar-refractivity contribution in [2.75, 3.05) is 26.2 Å². The van der Waals surface area contributed by atoms with Crippen LogP contribution in [0.2, 0.25) is 0 Å². The number of rotatable bonds is 6. The Kier molecular flexibility index (Phi) is 8.11. The fourth-order valence-corrected chi connectivity index (χ4v) is 2.73. The van der Waals surface area contributed by atoms with Gasteiger partial charge in [0.2, 0.25) is 0 Å². The minimum atomic E-state index is 0. The number of nitrogens with zero attached hydrogens (tertiary/aromatic N) is 1. The Hall–Kier alpha value is -0.570. The minimum absolute atomic E-state index is 0. The van der Waals surface area contributed by atoms with E-state index >= 15 is 0 Å². The Morgan fingerprint density at radius 3 is 2.68 bits per heavy atom. The Morgan fingerprint density at radius 2 is 2.05 bits per heavy atom. The highest BCUT2D eigenvalue weighted by molar-refractivity contribution is 5.85. The SMILES string of the molecule is CCN(CCC1CCCNC1)Cc1ccccc1.Cl. The first-order valence-corrected chi connectivity index (χ1v) is 7.35. The summed E-state index contributed by atoms with van der Waals surface area (Å²) in [6, 6.07) is 10.8. The second-order valence-corrected chi connectivity index (χ2v) is 5.36. The van der Waals surface area contributed by atoms with E-state index < -0.39 is 0 Å². The first kappa shape index (κ1) is 16.5. The maximum atomic E-state index is 3.51. The zero-order valence-electron chi connectivity index (χ0n) is 12.0. The fraction of sp³-hybridized carbons (Fsp3) is 0.625. The third kappa shape index (κ3) is 5.94. The van der Waals surface area contributed by atoms with Crippen LogP contribution >= 0.6 is 12.4 Å². The van der Waals surface area contributed by atoms with Gasteiger partial charge in [-0.05, 0) is 56.9 Å². The largest absolute Gasteiger partial charge is 0.316 e. The van der Waals surface area contributed by atoms with Gasteiger partial charge in [0.05, 0.1) is 0 Å². The van der Waals surface area contributed by atoms with Crippen LogP contribution in [0.3, 0.4) is 0 Å². The highest BCUT2D eigenvalue weighted by Crippen LogP contribution is 2.15. The number of hydrogen-bond acceptors (Lipinski definition) is 2. The maximum absolute atomic E-state index is 3.51. The third-order valence-electron chi connectivity index (χ3n) is 3.95. The summed E-state index contributed by atoms with van der Waals surface area (Å²) in [4.78, 5) is 2.56. The number of piperidine rings is 1. The molecular weight excluding hydrogens is 256 g/mol. The van der Waals surface area contributed by atoms with E-state index in [1.807, 2.05) is 0 Å². The summed E-state index contributed by atoms with van der Waals surface area (Å²) in [6.45, 7) is 8.19. The second-order valence-electron chi connectivity index (χ2n) is 5.36. The predicted octanol–water partition coefficient (Wildman–Crippen LogP) is 3.32. The predicted molar refractivity (Wildman–Crippen MR) is 84.9 cm³/mol. The van der Waals surface area contributed by atoms with Crippen LogP contribution < -0.4 is 5.32 Å². The van der Waals surface area contributed by atoms with E-state index in [4.69, 9.17) is 0 Å². The van der Waals surface area contributed by atoms with E-state index in [0.29, 0.717) is 0 Å². The first-order valence-electron chi connectivity index (χ1n) is 7.35. The maximum Gasteiger partial charge on any atom is 0.0233 e. The number of hydrogen-bond donors (Lipinski definition) is 1. The van der Waals surface area contributed by atoms with E-state index in [9.17, 15) is 0 Å². The molecule has 0 amide bonds. The van der Waals surface area contributed by atoms with E-state index in [-0.39, 0.29) is 12.4 Å². The van der Waals surface area contributed by atoms with Crippen molar-refractivity contribution in [1.82, 2.24) is 10.2 Å². The van der Waals surface area contributed by atoms with E-state index in [0.717, 1.165) is 19.0 Å². The molecule has 0 radical (unpaired) electrons. The summed E-state index contributed by atoms with van der Waals surface area (Å²) in [6.07, 6.45) is 4.11. The zero-order chi connectivity index (χ0) is 12.6. The standard InChI is InChI=1S/C16H26N2.ClH/c1-2-18(14-16-7-4-3-5-8-16)12-10-15-9-6-11-17-13-15;/h3-5,7-8,15,17H,2,6,9-14H2,1H3;1H. The molecule has 1 aliphatic rings. The molecule has 1 unspecified atom stereocenters. The van der Waals surface area contributed by atoms with Crippen molar-refractivity contribution in [2.45, 2.75) is 32.7 Å². The lowest BCUT2D eigenvalue weighted by Crippen LogP contribution is -2.33. The third-order valence-corrected chi connectivity index (χ3v) is 3.95. The van der Waals surface area contributed by atoms with Crippen LogP contribution in [0.25, 0.3) is 0 Å². The Labute approximate surface area is 124 Å². The van der Waals surface area contributed by atoms with Crippen molar-refractivity contribution >= 4 is 12.4 Å². The van der Waals surface area contributed by atoms with Gasteiger partial charge in [0.15, 0.2) is 0 Å². The molecule has 2 rings (SSSR count). The van der Waals surface area contributed by atoms with Crippen LogP contribution in [-0.4, -0.2) is 31.1 Å². The molecule has 0 aliphatic carbocycles. The van der Waals surface area contributed by atoms with Gasteiger partial charge in [0.25, 0.3) is 0 Å². The molecule has 0 saturated carbocycles. The summed E-state index contributed by atoms with van der Waals surface area (Å²) >= 11 is 0. The molecule has 1 atom stereocenters. The van der Waals surface area contributed by atoms with Crippen LogP contribution in [0.1, 0.15) is 31.7 Å². The van der Waals surface area contributed by atoms with Crippen LogP contribution in [0.15, 0.2) is 30.3 Å². The number of benzene rings is 1. The molecule has 2 nitrogen and oxygen atoms in total. The minimum Gasteiger partial charge on any atom is -0.316 e. The van der Waals surface area contributed by atoms with Gasteiger partial charge in [0.1, 0.15) is 0 Å². The average molecular weight is 283 g/mol. The lowest BCUT2D eigenvalue weighted by molar-refractivity contribution is 0.239. The molecule has 0 bridgehead atoms. The highest BCUT2D eigenvalue weighted by Gasteiger charge is 2.14. The summed E-state index contributed by atoms with van der Waals surface area (Å²) < 4.78 is 0. The molecule has 1 aliphatic heterocycles. The lowest BCUT2D eigenvalue weighted by Gasteiger charge is -2.26. The molecule has 0 aromatic heterocycles. The van der Waals surface area contributed by atoms with Gasteiger partial charge in [-0.25, -0.2) is 0 Å². The highest BCUT2D eigenvalue weighted by atomic mass is 35.5. The van der Waals surface area contributed by atoms with Gasteiger partial charge in [-0.3, -0.25) is 4.90 Å². The van der Waals surface area contributed by atoms with Crippen LogP contribution in [0.5, 0.6) is 0 Å². The second kappa shape index (κ2) is 9.35. The van der Waals surface area contributed by atoms with Crippen molar-refractivity contribution < 1.29 is 0 Å². The normalized spacial score (nSPS) is 19.2. The van der Waals surface area contributed by atoms with Crippen LogP contribution in [-0.2, 0) is 6.54 Å². The Balaban J connectivity index is 0.00000180. The average Bonchev–Trinajstić information content (AvgIpc) is 2.45. The Bertz CT molecular complexity index is 323. The van der Waals surface area contributed by atoms with Crippen LogP contribution in [0, 0.1) is 5.92 Å². The van der Waals surface area contributed by atoms with E-state index in [1.165, 1.54) is 44.5 Å². The summed E-state index contributed by atoms with van der Waals surface area (Å²) in [7, 11) is 0. The fourth-order valence-electron chi connectivity index (χ4n) is 2.73. The molecule has 1 fully saturated rings. The molecule has 108 valence electrons. The van der Waals surface area contributed by atoms with Crippen molar-refractivity contribution in [1.29, 1.82) is 0 Å². The van der Waals surface area contributed by atoms with Gasteiger partial charge in [-0.2, -0.15) is 0 Å². The number of halogens is 1. The molecule has 0 spiro atoms. The first-order chi connectivity index (χ1) is 8.88. The van der Waals surface area contributed by atoms with E-state index in [2.05, 4.69) is 47.5 Å².